The second kappa shape index (κ2) is 14.8. The first-order valence-electron chi connectivity index (χ1n) is 16.5. The van der Waals surface area contributed by atoms with Crippen LogP contribution in [0.1, 0.15) is 73.8 Å². The number of rotatable bonds is 14. The highest BCUT2D eigenvalue weighted by atomic mass is 32.2. The number of piperidine rings is 1. The summed E-state index contributed by atoms with van der Waals surface area (Å²) in [6.45, 7) is 18.8. The number of nitrogens with one attached hydrogen (secondary N) is 4. The summed E-state index contributed by atoms with van der Waals surface area (Å²) in [7, 11) is -3.56. The van der Waals surface area contributed by atoms with Crippen LogP contribution >= 0.6 is 0 Å². The number of urea groups is 1. The molecule has 2 aliphatic rings. The SMILES string of the molecule is C=CCCC(NC(=O)[C@@H]1[C@@H]2[C@H](CN1C(=O)[C@@H](NC(=O)NC(C)(C)C)C(C)(C)C)C2(C)C)C(=O)C(=O)NCCS(=O)(=O)Cc1ccccc1. The molecule has 5 atom stereocenters. The van der Waals surface area contributed by atoms with Crippen molar-refractivity contribution in [2.45, 2.75) is 97.6 Å². The van der Waals surface area contributed by atoms with Crippen molar-refractivity contribution in [2.75, 3.05) is 18.8 Å². The molecule has 0 bridgehead atoms. The maximum absolute atomic E-state index is 14.1. The summed E-state index contributed by atoms with van der Waals surface area (Å²) in [4.78, 5) is 68.6. The third-order valence-corrected chi connectivity index (χ3v) is 10.7. The van der Waals surface area contributed by atoms with Gasteiger partial charge >= 0.3 is 6.03 Å². The van der Waals surface area contributed by atoms with Crippen LogP contribution in [0.25, 0.3) is 0 Å². The van der Waals surface area contributed by atoms with Gasteiger partial charge in [-0.25, -0.2) is 13.2 Å². The Morgan fingerprint density at radius 2 is 1.65 bits per heavy atom. The third kappa shape index (κ3) is 9.90. The number of sulfone groups is 1. The third-order valence-electron chi connectivity index (χ3n) is 9.08. The van der Waals surface area contributed by atoms with E-state index in [0.29, 0.717) is 18.5 Å². The van der Waals surface area contributed by atoms with Crippen LogP contribution in [-0.4, -0.2) is 85.4 Å². The maximum atomic E-state index is 14.1. The van der Waals surface area contributed by atoms with Crippen molar-refractivity contribution in [3.05, 3.63) is 48.6 Å². The van der Waals surface area contributed by atoms with Gasteiger partial charge in [0.15, 0.2) is 9.84 Å². The molecule has 3 rings (SSSR count). The van der Waals surface area contributed by atoms with Crippen LogP contribution in [0, 0.1) is 22.7 Å². The van der Waals surface area contributed by atoms with Gasteiger partial charge < -0.3 is 26.2 Å². The number of benzene rings is 1. The van der Waals surface area contributed by atoms with Crippen molar-refractivity contribution in [3.8, 4) is 0 Å². The number of hydrogen-bond donors (Lipinski definition) is 4. The van der Waals surface area contributed by atoms with Crippen LogP contribution in [-0.2, 0) is 34.8 Å². The molecule has 1 saturated heterocycles. The molecule has 1 aliphatic carbocycles. The fourth-order valence-electron chi connectivity index (χ4n) is 6.41. The van der Waals surface area contributed by atoms with Crippen LogP contribution in [0.3, 0.4) is 0 Å². The Labute approximate surface area is 285 Å². The molecule has 4 N–H and O–H groups in total. The largest absolute Gasteiger partial charge is 0.348 e. The molecule has 5 amide bonds. The number of allylic oxidation sites excluding steroid dienone is 1. The van der Waals surface area contributed by atoms with Gasteiger partial charge in [0.2, 0.25) is 17.6 Å². The lowest BCUT2D eigenvalue weighted by molar-refractivity contribution is -0.145. The van der Waals surface area contributed by atoms with Crippen molar-refractivity contribution in [2.24, 2.45) is 22.7 Å². The van der Waals surface area contributed by atoms with Gasteiger partial charge in [0.1, 0.15) is 12.1 Å². The Balaban J connectivity index is 1.74. The molecule has 0 radical (unpaired) electrons. The minimum absolute atomic E-state index is 0.0460. The van der Waals surface area contributed by atoms with Gasteiger partial charge in [0, 0.05) is 18.6 Å². The van der Waals surface area contributed by atoms with Crippen LogP contribution < -0.4 is 21.3 Å². The van der Waals surface area contributed by atoms with E-state index in [1.807, 2.05) is 55.4 Å². The molecule has 1 saturated carbocycles. The molecule has 13 heteroatoms. The molecule has 12 nitrogen and oxygen atoms in total. The number of hydrogen-bond acceptors (Lipinski definition) is 7. The number of amides is 5. The molecule has 0 spiro atoms. The van der Waals surface area contributed by atoms with E-state index in [4.69, 9.17) is 0 Å². The van der Waals surface area contributed by atoms with Crippen molar-refractivity contribution in [3.63, 3.8) is 0 Å². The number of fused-ring (bicyclic) bond motifs is 1. The van der Waals surface area contributed by atoms with E-state index in [9.17, 15) is 32.4 Å². The average Bonchev–Trinajstić information content (AvgIpc) is 3.27. The van der Waals surface area contributed by atoms with Crippen molar-refractivity contribution in [1.82, 2.24) is 26.2 Å². The van der Waals surface area contributed by atoms with Crippen LogP contribution in [0.2, 0.25) is 0 Å². The summed E-state index contributed by atoms with van der Waals surface area (Å²) in [6.07, 6.45) is 1.97. The minimum Gasteiger partial charge on any atom is -0.348 e. The number of carbonyl (C=O) groups excluding carboxylic acids is 5. The van der Waals surface area contributed by atoms with Gasteiger partial charge in [-0.2, -0.15) is 0 Å². The van der Waals surface area contributed by atoms with Gasteiger partial charge in [-0.15, -0.1) is 6.58 Å². The highest BCUT2D eigenvalue weighted by Gasteiger charge is 2.70. The molecule has 1 aromatic carbocycles. The highest BCUT2D eigenvalue weighted by molar-refractivity contribution is 7.90. The van der Waals surface area contributed by atoms with E-state index in [-0.39, 0.29) is 41.7 Å². The van der Waals surface area contributed by atoms with E-state index >= 15 is 0 Å². The lowest BCUT2D eigenvalue weighted by atomic mass is 9.85. The summed E-state index contributed by atoms with van der Waals surface area (Å²) in [5.74, 6) is -3.58. The van der Waals surface area contributed by atoms with E-state index in [2.05, 4.69) is 27.8 Å². The standard InChI is InChI=1S/C35H53N5O7S/c1-10-11-17-24(27(41)30(43)36-18-19-48(46,47)21-22-15-13-12-14-16-22)37-29(42)26-25-23(35(25,8)9)20-40(26)31(44)28(33(2,3)4)38-32(45)39-34(5,6)7/h10,12-16,23-26,28H,1,11,17-21H2,2-9H3,(H,36,43)(H,37,42)(H2,38,39,45)/t23-,24?,25-,26-,28+/m0/s1. The second-order valence-corrected chi connectivity index (χ2v) is 17.8. The average molecular weight is 688 g/mol. The summed E-state index contributed by atoms with van der Waals surface area (Å²) in [5, 5.41) is 10.8. The van der Waals surface area contributed by atoms with Gasteiger partial charge in [-0.3, -0.25) is 19.2 Å². The van der Waals surface area contributed by atoms with Crippen LogP contribution in [0.4, 0.5) is 4.79 Å². The smallest absolute Gasteiger partial charge is 0.315 e. The molecule has 2 fully saturated rings. The zero-order chi connectivity index (χ0) is 36.2. The lowest BCUT2D eigenvalue weighted by Gasteiger charge is -2.38. The maximum Gasteiger partial charge on any atom is 0.315 e. The van der Waals surface area contributed by atoms with Crippen molar-refractivity contribution in [1.29, 1.82) is 0 Å². The number of likely N-dealkylation sites (tertiary alicyclic amines) is 1. The molecule has 0 aromatic heterocycles. The zero-order valence-corrected chi connectivity index (χ0v) is 30.3. The Morgan fingerprint density at radius 1 is 1.02 bits per heavy atom. The number of carbonyl (C=O) groups is 5. The van der Waals surface area contributed by atoms with Crippen molar-refractivity contribution >= 4 is 39.4 Å². The summed E-state index contributed by atoms with van der Waals surface area (Å²) in [5.41, 5.74) is -0.834. The summed E-state index contributed by atoms with van der Waals surface area (Å²) >= 11 is 0. The monoisotopic (exact) mass is 687 g/mol. The predicted octanol–water partition coefficient (Wildman–Crippen LogP) is 2.73. The van der Waals surface area contributed by atoms with E-state index in [1.165, 1.54) is 4.90 Å². The van der Waals surface area contributed by atoms with Gasteiger partial charge in [-0.05, 0) is 61.8 Å². The fourth-order valence-corrected chi connectivity index (χ4v) is 7.67. The highest BCUT2D eigenvalue weighted by Crippen LogP contribution is 2.65. The lowest BCUT2D eigenvalue weighted by Crippen LogP contribution is -2.62. The Hall–Kier alpha value is -3.74. The number of nitrogens with zero attached hydrogens (tertiary/aromatic N) is 1. The minimum atomic E-state index is -3.56. The van der Waals surface area contributed by atoms with E-state index in [0.717, 1.165) is 0 Å². The second-order valence-electron chi connectivity index (χ2n) is 15.7. The van der Waals surface area contributed by atoms with Gasteiger partial charge in [-0.1, -0.05) is 71.0 Å². The Morgan fingerprint density at radius 3 is 2.21 bits per heavy atom. The Bertz CT molecular complexity index is 1490. The predicted molar refractivity (Wildman–Crippen MR) is 184 cm³/mol. The molecule has 1 aliphatic heterocycles. The summed E-state index contributed by atoms with van der Waals surface area (Å²) < 4.78 is 25.1. The zero-order valence-electron chi connectivity index (χ0n) is 29.5. The van der Waals surface area contributed by atoms with Crippen molar-refractivity contribution < 1.29 is 32.4 Å². The molecule has 1 heterocycles. The molecular weight excluding hydrogens is 634 g/mol. The van der Waals surface area contributed by atoms with Gasteiger partial charge in [0.25, 0.3) is 5.91 Å². The molecule has 48 heavy (non-hydrogen) atoms. The normalized spacial score (nSPS) is 21.2. The van der Waals surface area contributed by atoms with Gasteiger partial charge in [0.05, 0.1) is 17.5 Å². The van der Waals surface area contributed by atoms with E-state index < -0.39 is 68.5 Å². The number of ketones is 1. The summed E-state index contributed by atoms with van der Waals surface area (Å²) in [6, 6.07) is 5.06. The van der Waals surface area contributed by atoms with Crippen LogP contribution in [0.5, 0.6) is 0 Å². The molecule has 266 valence electrons. The quantitative estimate of drug-likeness (QED) is 0.172. The topological polar surface area (TPSA) is 171 Å². The Kier molecular flexibility index (Phi) is 11.9. The molecular formula is C35H53N5O7S. The number of Topliss-reactive ketones (excluding diaryl/α,β-unsaturated/α-hetero) is 1. The van der Waals surface area contributed by atoms with E-state index in [1.54, 1.807) is 36.4 Å². The van der Waals surface area contributed by atoms with Crippen LogP contribution in [0.15, 0.2) is 43.0 Å². The fraction of sp³-hybridized carbons (Fsp3) is 0.629. The first kappa shape index (κ1) is 38.7. The molecule has 1 aromatic rings. The first-order valence-corrected chi connectivity index (χ1v) is 18.3. The first-order chi connectivity index (χ1) is 22.1. The molecule has 1 unspecified atom stereocenters.